The third-order valence-corrected chi connectivity index (χ3v) is 1.20. The van der Waals surface area contributed by atoms with Crippen LogP contribution < -0.4 is 0 Å². The van der Waals surface area contributed by atoms with Crippen molar-refractivity contribution < 1.29 is 9.50 Å². The fourth-order valence-corrected chi connectivity index (χ4v) is 0.707. The first-order chi connectivity index (χ1) is 4.34. The van der Waals surface area contributed by atoms with Gasteiger partial charge in [-0.3, -0.25) is 0 Å². The SMILES string of the molecule is O/C(=C/F)C1=CC=CC1. The highest BCUT2D eigenvalue weighted by atomic mass is 19.1. The molecule has 48 valence electrons. The number of allylic oxidation sites excluding steroid dienone is 4. The Morgan fingerprint density at radius 1 is 1.78 bits per heavy atom. The predicted molar refractivity (Wildman–Crippen MR) is 33.7 cm³/mol. The first kappa shape index (κ1) is 6.08. The van der Waals surface area contributed by atoms with Crippen LogP contribution in [0.1, 0.15) is 6.42 Å². The Morgan fingerprint density at radius 3 is 3.00 bits per heavy atom. The zero-order valence-electron chi connectivity index (χ0n) is 4.84. The molecule has 0 unspecified atom stereocenters. The van der Waals surface area contributed by atoms with Gasteiger partial charge in [-0.2, -0.15) is 0 Å². The van der Waals surface area contributed by atoms with Crippen molar-refractivity contribution in [3.05, 3.63) is 35.9 Å². The molecule has 0 radical (unpaired) electrons. The molecule has 2 heteroatoms. The van der Waals surface area contributed by atoms with Gasteiger partial charge < -0.3 is 5.11 Å². The fourth-order valence-electron chi connectivity index (χ4n) is 0.707. The van der Waals surface area contributed by atoms with Crippen molar-refractivity contribution in [3.8, 4) is 0 Å². The van der Waals surface area contributed by atoms with Gasteiger partial charge in [0.15, 0.2) is 0 Å². The molecule has 0 aromatic heterocycles. The van der Waals surface area contributed by atoms with E-state index in [1.165, 1.54) is 0 Å². The highest BCUT2D eigenvalue weighted by Gasteiger charge is 2.02. The van der Waals surface area contributed by atoms with Gasteiger partial charge in [-0.05, 0) is 6.42 Å². The van der Waals surface area contributed by atoms with E-state index in [4.69, 9.17) is 5.11 Å². The van der Waals surface area contributed by atoms with Crippen LogP contribution in [0.3, 0.4) is 0 Å². The van der Waals surface area contributed by atoms with Crippen molar-refractivity contribution in [2.24, 2.45) is 0 Å². The van der Waals surface area contributed by atoms with Crippen LogP contribution in [0.2, 0.25) is 0 Å². The number of rotatable bonds is 1. The summed E-state index contributed by atoms with van der Waals surface area (Å²) >= 11 is 0. The molecule has 1 aliphatic rings. The summed E-state index contributed by atoms with van der Waals surface area (Å²) in [5.41, 5.74) is 0.637. The van der Waals surface area contributed by atoms with Crippen molar-refractivity contribution in [3.63, 3.8) is 0 Å². The van der Waals surface area contributed by atoms with Crippen molar-refractivity contribution in [1.82, 2.24) is 0 Å². The Kier molecular flexibility index (Phi) is 1.68. The lowest BCUT2D eigenvalue weighted by Crippen LogP contribution is -1.81. The normalized spacial score (nSPS) is 18.3. The van der Waals surface area contributed by atoms with Crippen LogP contribution in [0.25, 0.3) is 0 Å². The third kappa shape index (κ3) is 1.19. The Hall–Kier alpha value is -1.05. The summed E-state index contributed by atoms with van der Waals surface area (Å²) in [7, 11) is 0. The molecule has 0 saturated heterocycles. The lowest BCUT2D eigenvalue weighted by Gasteiger charge is -1.94. The maximum atomic E-state index is 11.6. The van der Waals surface area contributed by atoms with Gasteiger partial charge >= 0.3 is 0 Å². The maximum absolute atomic E-state index is 11.6. The van der Waals surface area contributed by atoms with E-state index in [1.807, 2.05) is 6.08 Å². The first-order valence-corrected chi connectivity index (χ1v) is 2.70. The van der Waals surface area contributed by atoms with Gasteiger partial charge in [0.05, 0.1) is 0 Å². The summed E-state index contributed by atoms with van der Waals surface area (Å²) in [6, 6.07) is 0. The predicted octanol–water partition coefficient (Wildman–Crippen LogP) is 2.24. The standard InChI is InChI=1S/C7H7FO/c8-5-7(9)6-3-1-2-4-6/h1-3,5,9H,4H2/b7-5+. The second-order valence-corrected chi connectivity index (χ2v) is 1.82. The Morgan fingerprint density at radius 2 is 2.56 bits per heavy atom. The number of halogens is 1. The molecule has 0 aromatic carbocycles. The van der Waals surface area contributed by atoms with E-state index in [9.17, 15) is 4.39 Å². The van der Waals surface area contributed by atoms with Gasteiger partial charge in [0, 0.05) is 5.57 Å². The molecule has 1 N–H and O–H groups in total. The van der Waals surface area contributed by atoms with Crippen LogP contribution in [0, 0.1) is 0 Å². The quantitative estimate of drug-likeness (QED) is 0.534. The van der Waals surface area contributed by atoms with Crippen LogP contribution in [-0.2, 0) is 0 Å². The summed E-state index contributed by atoms with van der Waals surface area (Å²) in [5, 5.41) is 8.74. The van der Waals surface area contributed by atoms with Crippen molar-refractivity contribution in [2.75, 3.05) is 0 Å². The van der Waals surface area contributed by atoms with E-state index in [0.29, 0.717) is 12.0 Å². The van der Waals surface area contributed by atoms with Crippen LogP contribution >= 0.6 is 0 Å². The fraction of sp³-hybridized carbons (Fsp3) is 0.143. The molecule has 1 nitrogen and oxygen atoms in total. The van der Waals surface area contributed by atoms with Gasteiger partial charge in [-0.25, -0.2) is 4.39 Å². The molecule has 0 saturated carbocycles. The minimum atomic E-state index is -0.264. The number of hydrogen-bond donors (Lipinski definition) is 1. The maximum Gasteiger partial charge on any atom is 0.147 e. The van der Waals surface area contributed by atoms with Crippen molar-refractivity contribution in [2.45, 2.75) is 6.42 Å². The van der Waals surface area contributed by atoms with E-state index in [1.54, 1.807) is 12.2 Å². The Bertz CT molecular complexity index is 189. The number of aliphatic hydroxyl groups excluding tert-OH is 1. The van der Waals surface area contributed by atoms with E-state index >= 15 is 0 Å². The van der Waals surface area contributed by atoms with Crippen LogP contribution in [0.4, 0.5) is 4.39 Å². The van der Waals surface area contributed by atoms with Crippen molar-refractivity contribution in [1.29, 1.82) is 0 Å². The number of hydrogen-bond acceptors (Lipinski definition) is 1. The van der Waals surface area contributed by atoms with Gasteiger partial charge in [0.2, 0.25) is 0 Å². The summed E-state index contributed by atoms with van der Waals surface area (Å²) in [6.07, 6.45) is 6.17. The van der Waals surface area contributed by atoms with Crippen LogP contribution in [0.5, 0.6) is 0 Å². The molecular formula is C7H7FO. The van der Waals surface area contributed by atoms with Gasteiger partial charge in [-0.15, -0.1) is 0 Å². The Balaban J connectivity index is 2.66. The largest absolute Gasteiger partial charge is 0.505 e. The molecule has 0 atom stereocenters. The summed E-state index contributed by atoms with van der Waals surface area (Å²) in [5.74, 6) is -0.264. The third-order valence-electron chi connectivity index (χ3n) is 1.20. The monoisotopic (exact) mass is 126 g/mol. The zero-order valence-corrected chi connectivity index (χ0v) is 4.84. The summed E-state index contributed by atoms with van der Waals surface area (Å²) in [4.78, 5) is 0. The second kappa shape index (κ2) is 2.49. The summed E-state index contributed by atoms with van der Waals surface area (Å²) in [6.45, 7) is 0. The second-order valence-electron chi connectivity index (χ2n) is 1.82. The molecule has 0 amide bonds. The lowest BCUT2D eigenvalue weighted by atomic mass is 10.2. The molecule has 0 aromatic rings. The minimum Gasteiger partial charge on any atom is -0.505 e. The molecule has 1 aliphatic carbocycles. The Labute approximate surface area is 52.8 Å². The molecule has 0 bridgehead atoms. The van der Waals surface area contributed by atoms with E-state index < -0.39 is 0 Å². The lowest BCUT2D eigenvalue weighted by molar-refractivity contribution is 0.406. The molecule has 0 aliphatic heterocycles. The average Bonchev–Trinajstić information content (AvgIpc) is 2.37. The van der Waals surface area contributed by atoms with Crippen LogP contribution in [0.15, 0.2) is 35.9 Å². The van der Waals surface area contributed by atoms with Gasteiger partial charge in [-0.1, -0.05) is 18.2 Å². The van der Waals surface area contributed by atoms with Crippen molar-refractivity contribution >= 4 is 0 Å². The van der Waals surface area contributed by atoms with E-state index in [-0.39, 0.29) is 12.1 Å². The highest BCUT2D eigenvalue weighted by Crippen LogP contribution is 2.16. The van der Waals surface area contributed by atoms with Gasteiger partial charge in [0.25, 0.3) is 0 Å². The molecular weight excluding hydrogens is 119 g/mol. The molecule has 0 heterocycles. The first-order valence-electron chi connectivity index (χ1n) is 2.70. The van der Waals surface area contributed by atoms with E-state index in [2.05, 4.69) is 0 Å². The molecule has 1 rings (SSSR count). The summed E-state index contributed by atoms with van der Waals surface area (Å²) < 4.78 is 11.6. The topological polar surface area (TPSA) is 20.2 Å². The highest BCUT2D eigenvalue weighted by molar-refractivity contribution is 5.34. The molecule has 0 fully saturated rings. The van der Waals surface area contributed by atoms with E-state index in [0.717, 1.165) is 0 Å². The number of aliphatic hydroxyl groups is 1. The van der Waals surface area contributed by atoms with Crippen LogP contribution in [-0.4, -0.2) is 5.11 Å². The smallest absolute Gasteiger partial charge is 0.147 e. The average molecular weight is 126 g/mol. The minimum absolute atomic E-state index is 0.207. The molecule has 0 spiro atoms. The zero-order chi connectivity index (χ0) is 6.69. The van der Waals surface area contributed by atoms with Gasteiger partial charge in [0.1, 0.15) is 12.1 Å². The molecule has 9 heavy (non-hydrogen) atoms.